The number of benzene rings is 2. The molecule has 6 nitrogen and oxygen atoms in total. The van der Waals surface area contributed by atoms with Crippen LogP contribution < -0.4 is 10.0 Å². The van der Waals surface area contributed by atoms with E-state index < -0.39 is 10.0 Å². The molecular formula is C21H28N2O4S. The van der Waals surface area contributed by atoms with Gasteiger partial charge in [0.05, 0.1) is 11.5 Å². The molecule has 0 saturated heterocycles. The molecule has 0 aliphatic heterocycles. The smallest absolute Gasteiger partial charge is 0.251 e. The van der Waals surface area contributed by atoms with Gasteiger partial charge >= 0.3 is 0 Å². The Bertz CT molecular complexity index is 881. The summed E-state index contributed by atoms with van der Waals surface area (Å²) < 4.78 is 32.8. The molecule has 1 amide bonds. The number of hydrogen-bond acceptors (Lipinski definition) is 4. The van der Waals surface area contributed by atoms with Crippen molar-refractivity contribution >= 4 is 15.9 Å². The van der Waals surface area contributed by atoms with Crippen molar-refractivity contribution in [2.24, 2.45) is 0 Å². The first-order valence-corrected chi connectivity index (χ1v) is 10.8. The maximum absolute atomic E-state index is 12.5. The van der Waals surface area contributed by atoms with Crippen LogP contribution in [0.1, 0.15) is 41.8 Å². The lowest BCUT2D eigenvalue weighted by Crippen LogP contribution is -2.31. The molecule has 0 unspecified atom stereocenters. The minimum absolute atomic E-state index is 0.0862. The summed E-state index contributed by atoms with van der Waals surface area (Å²) in [5.74, 6) is -0.290. The zero-order chi connectivity index (χ0) is 20.6. The average Bonchev–Trinajstić information content (AvgIpc) is 2.64. The highest BCUT2D eigenvalue weighted by Crippen LogP contribution is 2.16. The van der Waals surface area contributed by atoms with Crippen molar-refractivity contribution < 1.29 is 17.9 Å². The summed E-state index contributed by atoms with van der Waals surface area (Å²) in [6.07, 6.45) is 0.671. The van der Waals surface area contributed by atoms with Gasteiger partial charge in [0.15, 0.2) is 0 Å². The van der Waals surface area contributed by atoms with E-state index in [0.29, 0.717) is 31.7 Å². The first-order chi connectivity index (χ1) is 13.3. The SMILES string of the molecule is Cc1ccc(S(=O)(=O)NC(C)C)cc1C(=O)NCCCOCc1ccccc1. The second-order valence-electron chi connectivity index (χ2n) is 6.90. The third-order valence-electron chi connectivity index (χ3n) is 4.02. The van der Waals surface area contributed by atoms with E-state index in [1.165, 1.54) is 12.1 Å². The standard InChI is InChI=1S/C21H28N2O4S/c1-16(2)23-28(25,26)19-11-10-17(3)20(14-19)21(24)22-12-7-13-27-15-18-8-5-4-6-9-18/h4-6,8-11,14,16,23H,7,12-13,15H2,1-3H3,(H,22,24). The molecule has 2 aromatic carbocycles. The van der Waals surface area contributed by atoms with Crippen molar-refractivity contribution in [1.82, 2.24) is 10.0 Å². The van der Waals surface area contributed by atoms with Gasteiger partial charge in [-0.1, -0.05) is 36.4 Å². The Labute approximate surface area is 167 Å². The van der Waals surface area contributed by atoms with Gasteiger partial charge in [-0.2, -0.15) is 0 Å². The number of hydrogen-bond donors (Lipinski definition) is 2. The molecule has 2 aromatic rings. The van der Waals surface area contributed by atoms with Gasteiger partial charge in [-0.3, -0.25) is 4.79 Å². The van der Waals surface area contributed by atoms with E-state index in [9.17, 15) is 13.2 Å². The molecule has 0 aliphatic carbocycles. The van der Waals surface area contributed by atoms with Crippen LogP contribution in [-0.2, 0) is 21.4 Å². The summed E-state index contributed by atoms with van der Waals surface area (Å²) >= 11 is 0. The van der Waals surface area contributed by atoms with Gasteiger partial charge in [0.2, 0.25) is 10.0 Å². The van der Waals surface area contributed by atoms with Gasteiger partial charge in [0, 0.05) is 24.8 Å². The summed E-state index contributed by atoms with van der Waals surface area (Å²) in [6, 6.07) is 14.2. The van der Waals surface area contributed by atoms with Crippen molar-refractivity contribution in [3.8, 4) is 0 Å². The molecule has 152 valence electrons. The van der Waals surface area contributed by atoms with Crippen molar-refractivity contribution in [3.05, 3.63) is 65.2 Å². The maximum atomic E-state index is 12.5. The fraction of sp³-hybridized carbons (Fsp3) is 0.381. The molecule has 0 bridgehead atoms. The first-order valence-electron chi connectivity index (χ1n) is 9.32. The first kappa shape index (κ1) is 22.1. The van der Waals surface area contributed by atoms with Crippen LogP contribution in [0.3, 0.4) is 0 Å². The zero-order valence-corrected chi connectivity index (χ0v) is 17.4. The molecule has 7 heteroatoms. The van der Waals surface area contributed by atoms with Crippen LogP contribution in [0.15, 0.2) is 53.4 Å². The predicted molar refractivity (Wildman–Crippen MR) is 110 cm³/mol. The van der Waals surface area contributed by atoms with Crippen LogP contribution in [0, 0.1) is 6.92 Å². The van der Waals surface area contributed by atoms with Gasteiger partial charge in [-0.15, -0.1) is 0 Å². The molecule has 0 fully saturated rings. The third-order valence-corrected chi connectivity index (χ3v) is 5.67. The average molecular weight is 405 g/mol. The molecule has 0 saturated carbocycles. The molecule has 0 aromatic heterocycles. The Hall–Kier alpha value is -2.22. The normalized spacial score (nSPS) is 11.6. The number of carbonyl (C=O) groups excluding carboxylic acids is 1. The van der Waals surface area contributed by atoms with Crippen LogP contribution in [-0.4, -0.2) is 33.5 Å². The number of rotatable bonds is 10. The summed E-state index contributed by atoms with van der Waals surface area (Å²) in [5, 5.41) is 2.82. The maximum Gasteiger partial charge on any atom is 0.251 e. The largest absolute Gasteiger partial charge is 0.377 e. The van der Waals surface area contributed by atoms with Crippen LogP contribution in [0.2, 0.25) is 0 Å². The topological polar surface area (TPSA) is 84.5 Å². The van der Waals surface area contributed by atoms with E-state index in [-0.39, 0.29) is 16.8 Å². The summed E-state index contributed by atoms with van der Waals surface area (Å²) in [5.41, 5.74) is 2.19. The Morgan fingerprint density at radius 3 is 2.50 bits per heavy atom. The van der Waals surface area contributed by atoms with Crippen molar-refractivity contribution in [2.75, 3.05) is 13.2 Å². The second-order valence-corrected chi connectivity index (χ2v) is 8.61. The molecule has 2 N–H and O–H groups in total. The molecule has 0 heterocycles. The molecule has 0 atom stereocenters. The van der Waals surface area contributed by atoms with Crippen LogP contribution in [0.4, 0.5) is 0 Å². The third kappa shape index (κ3) is 6.74. The predicted octanol–water partition coefficient (Wildman–Crippen LogP) is 3.02. The minimum Gasteiger partial charge on any atom is -0.377 e. The highest BCUT2D eigenvalue weighted by atomic mass is 32.2. The number of amides is 1. The van der Waals surface area contributed by atoms with Crippen LogP contribution in [0.25, 0.3) is 0 Å². The van der Waals surface area contributed by atoms with Gasteiger partial charge in [-0.25, -0.2) is 13.1 Å². The van der Waals surface area contributed by atoms with Crippen molar-refractivity contribution in [1.29, 1.82) is 0 Å². The Morgan fingerprint density at radius 2 is 1.82 bits per heavy atom. The van der Waals surface area contributed by atoms with Gasteiger partial charge < -0.3 is 10.1 Å². The van der Waals surface area contributed by atoms with Gasteiger partial charge in [0.1, 0.15) is 0 Å². The lowest BCUT2D eigenvalue weighted by atomic mass is 10.1. The molecule has 2 rings (SSSR count). The lowest BCUT2D eigenvalue weighted by Gasteiger charge is -2.12. The van der Waals surface area contributed by atoms with Gasteiger partial charge in [0.25, 0.3) is 5.91 Å². The number of nitrogens with one attached hydrogen (secondary N) is 2. The molecule has 28 heavy (non-hydrogen) atoms. The van der Waals surface area contributed by atoms with Crippen LogP contribution in [0.5, 0.6) is 0 Å². The van der Waals surface area contributed by atoms with E-state index in [2.05, 4.69) is 10.0 Å². The summed E-state index contributed by atoms with van der Waals surface area (Å²) in [7, 11) is -3.64. The number of ether oxygens (including phenoxy) is 1. The van der Waals surface area contributed by atoms with E-state index in [4.69, 9.17) is 4.74 Å². The second kappa shape index (κ2) is 10.4. The van der Waals surface area contributed by atoms with E-state index in [0.717, 1.165) is 11.1 Å². The summed E-state index contributed by atoms with van der Waals surface area (Å²) in [4.78, 5) is 12.5. The molecular weight excluding hydrogens is 376 g/mol. The fourth-order valence-electron chi connectivity index (χ4n) is 2.63. The monoisotopic (exact) mass is 404 g/mol. The highest BCUT2D eigenvalue weighted by Gasteiger charge is 2.18. The zero-order valence-electron chi connectivity index (χ0n) is 16.6. The summed E-state index contributed by atoms with van der Waals surface area (Å²) in [6.45, 7) is 6.80. The quantitative estimate of drug-likeness (QED) is 0.596. The number of aryl methyl sites for hydroxylation is 1. The Kier molecular flexibility index (Phi) is 8.17. The highest BCUT2D eigenvalue weighted by molar-refractivity contribution is 7.89. The van der Waals surface area contributed by atoms with E-state index >= 15 is 0 Å². The number of carbonyl (C=O) groups is 1. The Morgan fingerprint density at radius 1 is 1.11 bits per heavy atom. The van der Waals surface area contributed by atoms with Crippen LogP contribution >= 0.6 is 0 Å². The molecule has 0 aliphatic rings. The van der Waals surface area contributed by atoms with Gasteiger partial charge in [-0.05, 0) is 50.5 Å². The van der Waals surface area contributed by atoms with Crippen molar-refractivity contribution in [2.45, 2.75) is 44.7 Å². The Balaban J connectivity index is 1.85. The molecule has 0 spiro atoms. The van der Waals surface area contributed by atoms with E-state index in [1.54, 1.807) is 26.8 Å². The minimum atomic E-state index is -3.64. The van der Waals surface area contributed by atoms with Crippen molar-refractivity contribution in [3.63, 3.8) is 0 Å². The lowest BCUT2D eigenvalue weighted by molar-refractivity contribution is 0.0933. The fourth-order valence-corrected chi connectivity index (χ4v) is 3.90. The number of sulfonamides is 1. The van der Waals surface area contributed by atoms with E-state index in [1.807, 2.05) is 30.3 Å². The molecule has 0 radical (unpaired) electrons.